The van der Waals surface area contributed by atoms with Gasteiger partial charge in [0.05, 0.1) is 12.7 Å². The largest absolute Gasteiger partial charge is 0.374 e. The van der Waals surface area contributed by atoms with Gasteiger partial charge in [-0.3, -0.25) is 0 Å². The SMILES string of the molecule is CCC1CCCC(C(NC)C2CN(C)CCO2)C1. The Bertz CT molecular complexity index is 247. The van der Waals surface area contributed by atoms with Crippen molar-refractivity contribution in [2.45, 2.75) is 51.2 Å². The van der Waals surface area contributed by atoms with Crippen LogP contribution in [0, 0.1) is 11.8 Å². The molecule has 2 rings (SSSR count). The molecular weight excluding hydrogens is 224 g/mol. The molecular formula is C15H30N2O. The smallest absolute Gasteiger partial charge is 0.0857 e. The molecule has 0 aromatic heterocycles. The zero-order chi connectivity index (χ0) is 13.0. The molecule has 0 amide bonds. The van der Waals surface area contributed by atoms with Gasteiger partial charge in [0.15, 0.2) is 0 Å². The van der Waals surface area contributed by atoms with Crippen LogP contribution >= 0.6 is 0 Å². The van der Waals surface area contributed by atoms with Crippen molar-refractivity contribution in [3.63, 3.8) is 0 Å². The van der Waals surface area contributed by atoms with Gasteiger partial charge in [-0.15, -0.1) is 0 Å². The topological polar surface area (TPSA) is 24.5 Å². The van der Waals surface area contributed by atoms with Gasteiger partial charge in [0.2, 0.25) is 0 Å². The summed E-state index contributed by atoms with van der Waals surface area (Å²) in [7, 11) is 4.32. The average Bonchev–Trinajstić information content (AvgIpc) is 2.40. The first-order chi connectivity index (χ1) is 8.74. The molecule has 106 valence electrons. The number of likely N-dealkylation sites (N-methyl/N-ethyl adjacent to an activating group) is 2. The Labute approximate surface area is 112 Å². The maximum atomic E-state index is 6.02. The third-order valence-corrected chi connectivity index (χ3v) is 4.94. The lowest BCUT2D eigenvalue weighted by Crippen LogP contribution is -2.54. The molecule has 0 radical (unpaired) electrons. The second kappa shape index (κ2) is 6.88. The minimum atomic E-state index is 0.384. The van der Waals surface area contributed by atoms with E-state index in [2.05, 4.69) is 31.2 Å². The van der Waals surface area contributed by atoms with Crippen LogP contribution in [0.15, 0.2) is 0 Å². The third-order valence-electron chi connectivity index (χ3n) is 4.94. The highest BCUT2D eigenvalue weighted by molar-refractivity contribution is 4.89. The highest BCUT2D eigenvalue weighted by Crippen LogP contribution is 2.34. The van der Waals surface area contributed by atoms with Crippen LogP contribution in [0.2, 0.25) is 0 Å². The highest BCUT2D eigenvalue weighted by Gasteiger charge is 2.34. The van der Waals surface area contributed by atoms with Crippen molar-refractivity contribution in [2.75, 3.05) is 33.8 Å². The van der Waals surface area contributed by atoms with Crippen LogP contribution in [-0.2, 0) is 4.74 Å². The number of rotatable bonds is 4. The van der Waals surface area contributed by atoms with Gasteiger partial charge in [-0.25, -0.2) is 0 Å². The van der Waals surface area contributed by atoms with E-state index in [1.807, 2.05) is 0 Å². The zero-order valence-electron chi connectivity index (χ0n) is 12.3. The lowest BCUT2D eigenvalue weighted by atomic mass is 9.75. The first-order valence-electron chi connectivity index (χ1n) is 7.72. The third kappa shape index (κ3) is 3.46. The summed E-state index contributed by atoms with van der Waals surface area (Å²) in [5.74, 6) is 1.76. The van der Waals surface area contributed by atoms with Gasteiger partial charge in [0, 0.05) is 19.1 Å². The molecule has 1 aliphatic carbocycles. The molecule has 1 aliphatic heterocycles. The Morgan fingerprint density at radius 3 is 2.89 bits per heavy atom. The van der Waals surface area contributed by atoms with Gasteiger partial charge in [-0.05, 0) is 38.8 Å². The van der Waals surface area contributed by atoms with E-state index < -0.39 is 0 Å². The Morgan fingerprint density at radius 2 is 2.22 bits per heavy atom. The fourth-order valence-corrected chi connectivity index (χ4v) is 3.78. The molecule has 0 aromatic rings. The molecule has 0 aromatic carbocycles. The Kier molecular flexibility index (Phi) is 5.46. The zero-order valence-corrected chi connectivity index (χ0v) is 12.3. The number of hydrogen-bond donors (Lipinski definition) is 1. The standard InChI is InChI=1S/C15H30N2O/c1-4-12-6-5-7-13(10-12)15(16-2)14-11-17(3)8-9-18-14/h12-16H,4-11H2,1-3H3. The normalized spacial score (nSPS) is 36.5. The number of nitrogens with zero attached hydrogens (tertiary/aromatic N) is 1. The molecule has 0 bridgehead atoms. The van der Waals surface area contributed by atoms with Crippen LogP contribution < -0.4 is 5.32 Å². The van der Waals surface area contributed by atoms with E-state index in [0.29, 0.717) is 12.1 Å². The van der Waals surface area contributed by atoms with Crippen molar-refractivity contribution < 1.29 is 4.74 Å². The molecule has 1 N–H and O–H groups in total. The van der Waals surface area contributed by atoms with E-state index in [1.54, 1.807) is 0 Å². The molecule has 4 unspecified atom stereocenters. The summed E-state index contributed by atoms with van der Waals surface area (Å²) in [6.45, 7) is 5.39. The van der Waals surface area contributed by atoms with E-state index >= 15 is 0 Å². The molecule has 4 atom stereocenters. The van der Waals surface area contributed by atoms with E-state index in [9.17, 15) is 0 Å². The minimum Gasteiger partial charge on any atom is -0.374 e. The second-order valence-electron chi connectivity index (χ2n) is 6.19. The van der Waals surface area contributed by atoms with Gasteiger partial charge in [0.25, 0.3) is 0 Å². The summed E-state index contributed by atoms with van der Waals surface area (Å²) in [6.07, 6.45) is 7.35. The average molecular weight is 254 g/mol. The fraction of sp³-hybridized carbons (Fsp3) is 1.00. The van der Waals surface area contributed by atoms with E-state index in [1.165, 1.54) is 32.1 Å². The number of ether oxygens (including phenoxy) is 1. The van der Waals surface area contributed by atoms with Crippen molar-refractivity contribution in [3.05, 3.63) is 0 Å². The summed E-state index contributed by atoms with van der Waals surface area (Å²) >= 11 is 0. The van der Waals surface area contributed by atoms with Gasteiger partial charge in [-0.2, -0.15) is 0 Å². The predicted molar refractivity (Wildman–Crippen MR) is 75.8 cm³/mol. The van der Waals surface area contributed by atoms with Gasteiger partial charge < -0.3 is 15.0 Å². The van der Waals surface area contributed by atoms with Crippen LogP contribution in [0.5, 0.6) is 0 Å². The van der Waals surface area contributed by atoms with Crippen molar-refractivity contribution >= 4 is 0 Å². The minimum absolute atomic E-state index is 0.384. The van der Waals surface area contributed by atoms with E-state index in [4.69, 9.17) is 4.74 Å². The lowest BCUT2D eigenvalue weighted by molar-refractivity contribution is -0.0529. The van der Waals surface area contributed by atoms with Crippen molar-refractivity contribution in [1.82, 2.24) is 10.2 Å². The molecule has 3 heteroatoms. The van der Waals surface area contributed by atoms with E-state index in [0.717, 1.165) is 31.5 Å². The maximum absolute atomic E-state index is 6.02. The molecule has 1 saturated heterocycles. The van der Waals surface area contributed by atoms with Gasteiger partial charge >= 0.3 is 0 Å². The van der Waals surface area contributed by atoms with Crippen molar-refractivity contribution in [1.29, 1.82) is 0 Å². The first-order valence-corrected chi connectivity index (χ1v) is 7.72. The van der Waals surface area contributed by atoms with Crippen LogP contribution in [0.3, 0.4) is 0 Å². The summed E-state index contributed by atoms with van der Waals surface area (Å²) < 4.78 is 6.02. The summed E-state index contributed by atoms with van der Waals surface area (Å²) in [5.41, 5.74) is 0. The van der Waals surface area contributed by atoms with Crippen LogP contribution in [0.4, 0.5) is 0 Å². The molecule has 1 heterocycles. The quantitative estimate of drug-likeness (QED) is 0.832. The summed E-state index contributed by atoms with van der Waals surface area (Å²) in [5, 5.41) is 3.56. The van der Waals surface area contributed by atoms with Gasteiger partial charge in [-0.1, -0.05) is 26.2 Å². The van der Waals surface area contributed by atoms with Crippen LogP contribution in [0.1, 0.15) is 39.0 Å². The van der Waals surface area contributed by atoms with Crippen LogP contribution in [0.25, 0.3) is 0 Å². The molecule has 1 saturated carbocycles. The number of hydrogen-bond acceptors (Lipinski definition) is 3. The Hall–Kier alpha value is -0.120. The second-order valence-corrected chi connectivity index (χ2v) is 6.19. The van der Waals surface area contributed by atoms with Crippen molar-refractivity contribution in [3.8, 4) is 0 Å². The molecule has 18 heavy (non-hydrogen) atoms. The summed E-state index contributed by atoms with van der Waals surface area (Å²) in [4.78, 5) is 2.40. The number of nitrogens with one attached hydrogen (secondary N) is 1. The highest BCUT2D eigenvalue weighted by atomic mass is 16.5. The maximum Gasteiger partial charge on any atom is 0.0857 e. The Balaban J connectivity index is 1.94. The van der Waals surface area contributed by atoms with Crippen LogP contribution in [-0.4, -0.2) is 50.8 Å². The summed E-state index contributed by atoms with van der Waals surface area (Å²) in [6, 6.07) is 0.544. The first kappa shape index (κ1) is 14.3. The Morgan fingerprint density at radius 1 is 1.39 bits per heavy atom. The predicted octanol–water partition coefficient (Wildman–Crippen LogP) is 2.12. The molecule has 0 spiro atoms. The van der Waals surface area contributed by atoms with Gasteiger partial charge in [0.1, 0.15) is 0 Å². The van der Waals surface area contributed by atoms with E-state index in [-0.39, 0.29) is 0 Å². The van der Waals surface area contributed by atoms with Crippen molar-refractivity contribution in [2.24, 2.45) is 11.8 Å². The molecule has 3 nitrogen and oxygen atoms in total. The lowest BCUT2D eigenvalue weighted by Gasteiger charge is -2.41. The monoisotopic (exact) mass is 254 g/mol. The molecule has 2 aliphatic rings. The molecule has 2 fully saturated rings. The fourth-order valence-electron chi connectivity index (χ4n) is 3.78. The number of morpholine rings is 1.